The van der Waals surface area contributed by atoms with Crippen molar-refractivity contribution < 1.29 is 14.3 Å². The highest BCUT2D eigenvalue weighted by atomic mass is 16.5. The van der Waals surface area contributed by atoms with Crippen molar-refractivity contribution in [3.8, 4) is 11.5 Å². The number of benzene rings is 4. The van der Waals surface area contributed by atoms with Crippen molar-refractivity contribution in [2.75, 3.05) is 35.7 Å². The number of para-hydroxylation sites is 1. The number of nitrogens with zero attached hydrogens (tertiary/aromatic N) is 2. The average Bonchev–Trinajstić information content (AvgIpc) is 3.48. The Kier molecular flexibility index (Phi) is 8.41. The van der Waals surface area contributed by atoms with E-state index in [1.807, 2.05) is 115 Å². The molecule has 1 saturated heterocycles. The Morgan fingerprint density at radius 1 is 0.800 bits per heavy atom. The number of hydrogen-bond donors (Lipinski definition) is 2. The quantitative estimate of drug-likeness (QED) is 0.243. The van der Waals surface area contributed by atoms with Crippen LogP contribution in [0, 0.1) is 0 Å². The Labute approximate surface area is 234 Å². The highest BCUT2D eigenvalue weighted by Crippen LogP contribution is 2.25. The normalized spacial score (nSPS) is 14.6. The molecule has 1 aliphatic rings. The molecule has 0 spiro atoms. The van der Waals surface area contributed by atoms with Crippen molar-refractivity contribution in [2.24, 2.45) is 0 Å². The zero-order valence-electron chi connectivity index (χ0n) is 22.4. The van der Waals surface area contributed by atoms with Crippen LogP contribution >= 0.6 is 0 Å². The molecule has 40 heavy (non-hydrogen) atoms. The molecule has 202 valence electrons. The van der Waals surface area contributed by atoms with Crippen LogP contribution in [-0.4, -0.2) is 43.0 Å². The summed E-state index contributed by atoms with van der Waals surface area (Å²) in [6.07, 6.45) is 4.39. The number of nitrogens with one attached hydrogen (secondary N) is 2. The van der Waals surface area contributed by atoms with E-state index in [1.165, 1.54) is 0 Å². The van der Waals surface area contributed by atoms with E-state index in [4.69, 9.17) is 4.74 Å². The fourth-order valence-corrected chi connectivity index (χ4v) is 4.60. The van der Waals surface area contributed by atoms with Gasteiger partial charge < -0.3 is 25.2 Å². The number of likely N-dealkylation sites (N-methyl/N-ethyl adjacent to an activating group) is 1. The second-order valence-electron chi connectivity index (χ2n) is 9.65. The van der Waals surface area contributed by atoms with Crippen LogP contribution in [0.2, 0.25) is 0 Å². The van der Waals surface area contributed by atoms with Gasteiger partial charge in [0.05, 0.1) is 6.04 Å². The van der Waals surface area contributed by atoms with E-state index < -0.39 is 0 Å². The predicted octanol–water partition coefficient (Wildman–Crippen LogP) is 6.87. The summed E-state index contributed by atoms with van der Waals surface area (Å²) in [6, 6.07) is 34.1. The van der Waals surface area contributed by atoms with Gasteiger partial charge in [-0.15, -0.1) is 0 Å². The molecule has 5 rings (SSSR count). The smallest absolute Gasteiger partial charge is 0.323 e. The first-order valence-electron chi connectivity index (χ1n) is 13.3. The van der Waals surface area contributed by atoms with E-state index in [0.717, 1.165) is 36.5 Å². The van der Waals surface area contributed by atoms with Gasteiger partial charge in [0.1, 0.15) is 11.5 Å². The molecule has 0 aliphatic carbocycles. The molecular formula is C33H32N4O3. The number of amides is 3. The third-order valence-corrected chi connectivity index (χ3v) is 6.86. The van der Waals surface area contributed by atoms with Crippen LogP contribution < -0.4 is 20.3 Å². The van der Waals surface area contributed by atoms with Gasteiger partial charge in [0.15, 0.2) is 0 Å². The van der Waals surface area contributed by atoms with Crippen molar-refractivity contribution in [1.29, 1.82) is 0 Å². The van der Waals surface area contributed by atoms with Crippen molar-refractivity contribution in [3.05, 3.63) is 121 Å². The highest BCUT2D eigenvalue weighted by Gasteiger charge is 2.27. The van der Waals surface area contributed by atoms with Crippen molar-refractivity contribution >= 4 is 35.1 Å². The lowest BCUT2D eigenvalue weighted by atomic mass is 10.2. The minimum Gasteiger partial charge on any atom is -0.457 e. The van der Waals surface area contributed by atoms with Gasteiger partial charge >= 0.3 is 6.03 Å². The average molecular weight is 533 g/mol. The minimum atomic E-state index is -0.325. The van der Waals surface area contributed by atoms with Gasteiger partial charge in [-0.25, -0.2) is 4.79 Å². The maximum absolute atomic E-state index is 12.7. The number of hydrogen-bond acceptors (Lipinski definition) is 4. The molecule has 1 unspecified atom stereocenters. The van der Waals surface area contributed by atoms with E-state index in [1.54, 1.807) is 18.2 Å². The molecule has 1 aliphatic heterocycles. The summed E-state index contributed by atoms with van der Waals surface area (Å²) in [7, 11) is 1.86. The maximum atomic E-state index is 12.7. The lowest BCUT2D eigenvalue weighted by Gasteiger charge is -2.24. The van der Waals surface area contributed by atoms with Crippen LogP contribution in [0.3, 0.4) is 0 Å². The number of carbonyl (C=O) groups is 2. The Balaban J connectivity index is 1.09. The van der Waals surface area contributed by atoms with Crippen LogP contribution in [0.15, 0.2) is 115 Å². The van der Waals surface area contributed by atoms with Gasteiger partial charge in [0.2, 0.25) is 5.91 Å². The largest absolute Gasteiger partial charge is 0.457 e. The van der Waals surface area contributed by atoms with Gasteiger partial charge in [-0.05, 0) is 78.7 Å². The van der Waals surface area contributed by atoms with Crippen molar-refractivity contribution in [2.45, 2.75) is 12.5 Å². The summed E-state index contributed by atoms with van der Waals surface area (Å²) in [4.78, 5) is 29.3. The van der Waals surface area contributed by atoms with Gasteiger partial charge in [-0.3, -0.25) is 4.79 Å². The van der Waals surface area contributed by atoms with Crippen LogP contribution in [0.1, 0.15) is 12.0 Å². The summed E-state index contributed by atoms with van der Waals surface area (Å²) in [6.45, 7) is 1.63. The number of urea groups is 1. The van der Waals surface area contributed by atoms with Crippen LogP contribution in [-0.2, 0) is 4.79 Å². The van der Waals surface area contributed by atoms with Crippen LogP contribution in [0.25, 0.3) is 6.08 Å². The Bertz CT molecular complexity index is 1440. The van der Waals surface area contributed by atoms with E-state index >= 15 is 0 Å². The van der Waals surface area contributed by atoms with Crippen molar-refractivity contribution in [3.63, 3.8) is 0 Å². The summed E-state index contributed by atoms with van der Waals surface area (Å²) in [5, 5.41) is 5.71. The summed E-state index contributed by atoms with van der Waals surface area (Å²) in [5.41, 5.74) is 3.42. The van der Waals surface area contributed by atoms with E-state index in [9.17, 15) is 9.59 Å². The topological polar surface area (TPSA) is 73.9 Å². The molecule has 3 amide bonds. The molecule has 7 heteroatoms. The fourth-order valence-electron chi connectivity index (χ4n) is 4.60. The van der Waals surface area contributed by atoms with Gasteiger partial charge in [0, 0.05) is 43.3 Å². The zero-order chi connectivity index (χ0) is 27.7. The number of carbonyl (C=O) groups excluding carboxylic acids is 2. The summed E-state index contributed by atoms with van der Waals surface area (Å²) < 4.78 is 5.79. The molecule has 0 radical (unpaired) electrons. The molecule has 0 bridgehead atoms. The number of ether oxygens (including phenoxy) is 1. The van der Waals surface area contributed by atoms with E-state index in [-0.39, 0.29) is 18.0 Å². The molecule has 4 aromatic rings. The first-order valence-corrected chi connectivity index (χ1v) is 13.3. The summed E-state index contributed by atoms with van der Waals surface area (Å²) in [5.74, 6) is 1.45. The lowest BCUT2D eigenvalue weighted by molar-refractivity contribution is -0.126. The molecule has 1 atom stereocenters. The molecule has 0 saturated carbocycles. The van der Waals surface area contributed by atoms with Crippen LogP contribution in [0.5, 0.6) is 11.5 Å². The Morgan fingerprint density at radius 3 is 2.02 bits per heavy atom. The minimum absolute atomic E-state index is 0.000348. The second-order valence-corrected chi connectivity index (χ2v) is 9.65. The standard InChI is InChI=1S/C33H32N4O3/c1-36(32(38)21-12-25-8-4-2-5-9-25)29-22-23-37(24-29)28-17-13-26(14-18-28)34-33(39)35-27-15-19-31(20-16-27)40-30-10-6-3-7-11-30/h2-21,29H,22-24H2,1H3,(H2,34,35,39)/b21-12+. The fraction of sp³-hybridized carbons (Fsp3) is 0.152. The predicted molar refractivity (Wildman–Crippen MR) is 161 cm³/mol. The van der Waals surface area contributed by atoms with Gasteiger partial charge in [0.25, 0.3) is 0 Å². The second kappa shape index (κ2) is 12.7. The molecule has 0 aromatic heterocycles. The third-order valence-electron chi connectivity index (χ3n) is 6.86. The monoisotopic (exact) mass is 532 g/mol. The van der Waals surface area contributed by atoms with Gasteiger partial charge in [-0.2, -0.15) is 0 Å². The third kappa shape index (κ3) is 7.08. The SMILES string of the molecule is CN(C(=O)/C=C/c1ccccc1)C1CCN(c2ccc(NC(=O)Nc3ccc(Oc4ccccc4)cc3)cc2)C1. The van der Waals surface area contributed by atoms with Crippen LogP contribution in [0.4, 0.5) is 21.9 Å². The first-order chi connectivity index (χ1) is 19.5. The zero-order valence-corrected chi connectivity index (χ0v) is 22.4. The number of rotatable bonds is 8. The Morgan fingerprint density at radius 2 is 1.38 bits per heavy atom. The molecule has 1 heterocycles. The van der Waals surface area contributed by atoms with Gasteiger partial charge in [-0.1, -0.05) is 48.5 Å². The Hall–Kier alpha value is -5.04. The van der Waals surface area contributed by atoms with Crippen molar-refractivity contribution in [1.82, 2.24) is 4.90 Å². The maximum Gasteiger partial charge on any atom is 0.323 e. The molecule has 7 nitrogen and oxygen atoms in total. The molecular weight excluding hydrogens is 500 g/mol. The molecule has 2 N–H and O–H groups in total. The lowest BCUT2D eigenvalue weighted by Crippen LogP contribution is -2.38. The summed E-state index contributed by atoms with van der Waals surface area (Å²) >= 11 is 0. The van der Waals surface area contributed by atoms with E-state index in [2.05, 4.69) is 15.5 Å². The first kappa shape index (κ1) is 26.6. The molecule has 4 aromatic carbocycles. The number of anilines is 3. The van der Waals surface area contributed by atoms with E-state index in [0.29, 0.717) is 17.1 Å². The highest BCUT2D eigenvalue weighted by molar-refractivity contribution is 5.99. The molecule has 1 fully saturated rings.